The molecule has 0 N–H and O–H groups in total. The molecule has 0 amide bonds. The topological polar surface area (TPSA) is 15.6 Å². The van der Waals surface area contributed by atoms with Crippen molar-refractivity contribution in [2.75, 3.05) is 6.54 Å². The van der Waals surface area contributed by atoms with Gasteiger partial charge in [0.05, 0.1) is 11.4 Å². The Morgan fingerprint density at radius 1 is 1.17 bits per heavy atom. The van der Waals surface area contributed by atoms with Crippen LogP contribution in [0.1, 0.15) is 18.4 Å². The quantitative estimate of drug-likeness (QED) is 0.561. The van der Waals surface area contributed by atoms with Gasteiger partial charge >= 0.3 is 0 Å². The molecule has 24 heavy (non-hydrogen) atoms. The third kappa shape index (κ3) is 2.76. The molecule has 2 aliphatic heterocycles. The smallest absolute Gasteiger partial charge is 0.152 e. The van der Waals surface area contributed by atoms with Crippen LogP contribution in [0.25, 0.3) is 5.57 Å². The Morgan fingerprint density at radius 2 is 2.00 bits per heavy atom. The summed E-state index contributed by atoms with van der Waals surface area (Å²) in [7, 11) is 0. The molecule has 0 saturated carbocycles. The molecule has 0 unspecified atom stereocenters. The van der Waals surface area contributed by atoms with Crippen molar-refractivity contribution in [3.8, 4) is 0 Å². The number of rotatable bonds is 1. The molecular weight excluding hydrogens is 398 g/mol. The zero-order valence-corrected chi connectivity index (χ0v) is 14.8. The average Bonchev–Trinajstić information content (AvgIpc) is 2.88. The molecule has 122 valence electrons. The third-order valence-corrected chi connectivity index (χ3v) is 5.13. The Kier molecular flexibility index (Phi) is 3.93. The van der Waals surface area contributed by atoms with Gasteiger partial charge in [-0.25, -0.2) is 13.8 Å². The fraction of sp³-hybridized carbons (Fsp3) is 0.167. The molecule has 0 radical (unpaired) electrons. The van der Waals surface area contributed by atoms with E-state index in [1.165, 1.54) is 12.1 Å². The van der Waals surface area contributed by atoms with Gasteiger partial charge in [-0.3, -0.25) is 0 Å². The molecule has 1 aromatic rings. The summed E-state index contributed by atoms with van der Waals surface area (Å²) >= 11 is 9.91. The summed E-state index contributed by atoms with van der Waals surface area (Å²) in [6.07, 6.45) is 7.55. The number of benzene rings is 1. The third-order valence-electron chi connectivity index (χ3n) is 4.22. The highest BCUT2D eigenvalue weighted by Gasteiger charge is 2.27. The van der Waals surface area contributed by atoms with E-state index < -0.39 is 11.6 Å². The maximum atomic E-state index is 14.1. The summed E-state index contributed by atoms with van der Waals surface area (Å²) in [6, 6.07) is 3.61. The first-order valence-corrected chi connectivity index (χ1v) is 8.66. The van der Waals surface area contributed by atoms with Crippen LogP contribution in [-0.4, -0.2) is 17.2 Å². The molecule has 0 aromatic heterocycles. The maximum absolute atomic E-state index is 14.1. The molecule has 1 aliphatic carbocycles. The van der Waals surface area contributed by atoms with E-state index in [9.17, 15) is 8.78 Å². The summed E-state index contributed by atoms with van der Waals surface area (Å²) < 4.78 is 28.3. The largest absolute Gasteiger partial charge is 0.340 e. The van der Waals surface area contributed by atoms with Gasteiger partial charge in [0, 0.05) is 29.9 Å². The first-order chi connectivity index (χ1) is 11.5. The van der Waals surface area contributed by atoms with Crippen molar-refractivity contribution in [1.82, 2.24) is 4.90 Å². The number of aliphatic imine (C=N–C) groups is 1. The van der Waals surface area contributed by atoms with Gasteiger partial charge in [-0.2, -0.15) is 0 Å². The van der Waals surface area contributed by atoms with Crippen molar-refractivity contribution in [2.45, 2.75) is 12.8 Å². The Morgan fingerprint density at radius 3 is 2.79 bits per heavy atom. The van der Waals surface area contributed by atoms with Crippen molar-refractivity contribution in [3.63, 3.8) is 0 Å². The van der Waals surface area contributed by atoms with Gasteiger partial charge in [0.2, 0.25) is 0 Å². The van der Waals surface area contributed by atoms with Crippen molar-refractivity contribution >= 4 is 38.8 Å². The van der Waals surface area contributed by atoms with Gasteiger partial charge < -0.3 is 4.90 Å². The van der Waals surface area contributed by atoms with E-state index in [0.717, 1.165) is 45.9 Å². The van der Waals surface area contributed by atoms with Gasteiger partial charge in [0.15, 0.2) is 5.16 Å². The molecule has 3 aliphatic rings. The SMILES string of the molecule is Fc1ccc(C2=CC3=C(Cl)N=C4CCC(Br)=CC4=CN3C2)c(F)c1. The average molecular weight is 410 g/mol. The van der Waals surface area contributed by atoms with E-state index in [0.29, 0.717) is 17.3 Å². The van der Waals surface area contributed by atoms with Crippen LogP contribution in [0.3, 0.4) is 0 Å². The standard InChI is InChI=1S/C18H12BrClF2N2/c19-12-1-4-16-11(5-12)9-24-8-10(6-17(24)18(20)23-16)14-3-2-13(21)7-15(14)22/h2-3,5-7,9H,1,4,8H2. The molecule has 0 fully saturated rings. The van der Waals surface area contributed by atoms with Crippen LogP contribution in [0.15, 0.2) is 62.5 Å². The lowest BCUT2D eigenvalue weighted by Gasteiger charge is -2.17. The van der Waals surface area contributed by atoms with Gasteiger partial charge in [-0.15, -0.1) is 0 Å². The molecule has 0 atom stereocenters. The normalized spacial score (nSPS) is 19.9. The second-order valence-corrected chi connectivity index (χ2v) is 7.21. The fourth-order valence-electron chi connectivity index (χ4n) is 3.05. The van der Waals surface area contributed by atoms with Gasteiger partial charge in [-0.1, -0.05) is 27.5 Å². The molecule has 1 aromatic carbocycles. The first kappa shape index (κ1) is 15.8. The van der Waals surface area contributed by atoms with Crippen LogP contribution in [-0.2, 0) is 0 Å². The van der Waals surface area contributed by atoms with Gasteiger partial charge in [-0.05, 0) is 47.2 Å². The number of allylic oxidation sites excluding steroid dienone is 4. The van der Waals surface area contributed by atoms with Gasteiger partial charge in [0.1, 0.15) is 11.6 Å². The minimum atomic E-state index is -0.588. The zero-order chi connectivity index (χ0) is 16.8. The highest BCUT2D eigenvalue weighted by molar-refractivity contribution is 9.11. The minimum Gasteiger partial charge on any atom is -0.340 e. The minimum absolute atomic E-state index is 0.379. The van der Waals surface area contributed by atoms with E-state index in [2.05, 4.69) is 20.9 Å². The number of hydrogen-bond donors (Lipinski definition) is 0. The first-order valence-electron chi connectivity index (χ1n) is 7.49. The fourth-order valence-corrected chi connectivity index (χ4v) is 3.76. The van der Waals surface area contributed by atoms with Crippen molar-refractivity contribution in [2.24, 2.45) is 4.99 Å². The monoisotopic (exact) mass is 408 g/mol. The zero-order valence-electron chi connectivity index (χ0n) is 12.5. The second-order valence-electron chi connectivity index (χ2n) is 5.83. The van der Waals surface area contributed by atoms with Crippen LogP contribution in [0.5, 0.6) is 0 Å². The summed E-state index contributed by atoms with van der Waals surface area (Å²) in [5.41, 5.74) is 3.80. The molecular formula is C18H12BrClF2N2. The maximum Gasteiger partial charge on any atom is 0.152 e. The Labute approximate surface area is 151 Å². The molecule has 2 nitrogen and oxygen atoms in total. The van der Waals surface area contributed by atoms with Gasteiger partial charge in [0.25, 0.3) is 0 Å². The Hall–Kier alpha value is -1.72. The molecule has 0 spiro atoms. The highest BCUT2D eigenvalue weighted by atomic mass is 79.9. The molecule has 4 rings (SSSR count). The van der Waals surface area contributed by atoms with Crippen LogP contribution in [0.2, 0.25) is 0 Å². The summed E-state index contributed by atoms with van der Waals surface area (Å²) in [4.78, 5) is 6.48. The summed E-state index contributed by atoms with van der Waals surface area (Å²) in [6.45, 7) is 0.464. The van der Waals surface area contributed by atoms with E-state index in [-0.39, 0.29) is 0 Å². The Bertz CT molecular complexity index is 896. The lowest BCUT2D eigenvalue weighted by atomic mass is 10.00. The number of fused-ring (bicyclic) bond motifs is 2. The van der Waals surface area contributed by atoms with Crippen molar-refractivity contribution in [1.29, 1.82) is 0 Å². The Balaban J connectivity index is 1.77. The van der Waals surface area contributed by atoms with E-state index in [1.807, 2.05) is 23.3 Å². The van der Waals surface area contributed by atoms with Crippen molar-refractivity contribution < 1.29 is 8.78 Å². The van der Waals surface area contributed by atoms with Crippen LogP contribution in [0, 0.1) is 11.6 Å². The number of hydrogen-bond acceptors (Lipinski definition) is 2. The summed E-state index contributed by atoms with van der Waals surface area (Å²) in [5.74, 6) is -1.16. The molecule has 2 heterocycles. The second kappa shape index (κ2) is 5.97. The van der Waals surface area contributed by atoms with Crippen LogP contribution in [0.4, 0.5) is 8.78 Å². The highest BCUT2D eigenvalue weighted by Crippen LogP contribution is 2.36. The van der Waals surface area contributed by atoms with Crippen LogP contribution >= 0.6 is 27.5 Å². The van der Waals surface area contributed by atoms with E-state index in [1.54, 1.807) is 0 Å². The van der Waals surface area contributed by atoms with E-state index in [4.69, 9.17) is 11.6 Å². The predicted octanol–water partition coefficient (Wildman–Crippen LogP) is 5.48. The summed E-state index contributed by atoms with van der Waals surface area (Å²) in [5, 5.41) is 0.389. The number of halogens is 4. The predicted molar refractivity (Wildman–Crippen MR) is 95.7 cm³/mol. The van der Waals surface area contributed by atoms with Crippen LogP contribution < -0.4 is 0 Å². The van der Waals surface area contributed by atoms with E-state index >= 15 is 0 Å². The molecule has 0 bridgehead atoms. The lowest BCUT2D eigenvalue weighted by molar-refractivity contribution is 0.553. The molecule has 6 heteroatoms. The van der Waals surface area contributed by atoms with Crippen molar-refractivity contribution in [3.05, 3.63) is 74.7 Å². The molecule has 0 saturated heterocycles. The lowest BCUT2D eigenvalue weighted by Crippen LogP contribution is -2.14. The number of nitrogens with zero attached hydrogens (tertiary/aromatic N) is 2.